The summed E-state index contributed by atoms with van der Waals surface area (Å²) in [6, 6.07) is 0.854. The molecule has 0 spiro atoms. The quantitative estimate of drug-likeness (QED) is 0.614. The summed E-state index contributed by atoms with van der Waals surface area (Å²) in [5.74, 6) is 3.40. The van der Waals surface area contributed by atoms with Gasteiger partial charge in [-0.3, -0.25) is 0 Å². The van der Waals surface area contributed by atoms with Crippen molar-refractivity contribution in [3.8, 4) is 0 Å². The van der Waals surface area contributed by atoms with Crippen LogP contribution in [0, 0.1) is 11.8 Å². The van der Waals surface area contributed by atoms with Gasteiger partial charge in [-0.2, -0.15) is 11.8 Å². The minimum Gasteiger partial charge on any atom is -0.314 e. The van der Waals surface area contributed by atoms with Gasteiger partial charge in [0.1, 0.15) is 0 Å². The highest BCUT2D eigenvalue weighted by Crippen LogP contribution is 2.38. The van der Waals surface area contributed by atoms with Gasteiger partial charge in [0.15, 0.2) is 0 Å². The van der Waals surface area contributed by atoms with E-state index >= 15 is 0 Å². The zero-order valence-corrected chi connectivity index (χ0v) is 14.4. The second kappa shape index (κ2) is 10.1. The molecule has 0 heterocycles. The minimum absolute atomic E-state index is 0.854. The normalized spacial score (nSPS) is 28.6. The fourth-order valence-corrected chi connectivity index (χ4v) is 4.87. The van der Waals surface area contributed by atoms with E-state index in [4.69, 9.17) is 0 Å². The predicted octanol–water partition coefficient (Wildman–Crippen LogP) is 5.25. The highest BCUT2D eigenvalue weighted by Gasteiger charge is 2.31. The van der Waals surface area contributed by atoms with Crippen molar-refractivity contribution < 1.29 is 0 Å². The first-order valence-electron chi connectivity index (χ1n) is 9.14. The Morgan fingerprint density at radius 3 is 2.40 bits per heavy atom. The van der Waals surface area contributed by atoms with Gasteiger partial charge < -0.3 is 5.32 Å². The Morgan fingerprint density at radius 2 is 1.60 bits per heavy atom. The molecule has 0 radical (unpaired) electrons. The number of unbranched alkanes of at least 4 members (excludes halogenated alkanes) is 2. The zero-order valence-electron chi connectivity index (χ0n) is 13.5. The van der Waals surface area contributed by atoms with E-state index in [2.05, 4.69) is 11.6 Å². The second-order valence-corrected chi connectivity index (χ2v) is 7.95. The lowest BCUT2D eigenvalue weighted by molar-refractivity contribution is 0.150. The van der Waals surface area contributed by atoms with Crippen molar-refractivity contribution in [2.45, 2.75) is 83.1 Å². The van der Waals surface area contributed by atoms with Gasteiger partial charge in [0.25, 0.3) is 0 Å². The van der Waals surface area contributed by atoms with Crippen LogP contribution in [0.25, 0.3) is 0 Å². The Hall–Kier alpha value is 0.310. The van der Waals surface area contributed by atoms with Crippen molar-refractivity contribution in [2.75, 3.05) is 18.6 Å². The molecule has 2 fully saturated rings. The second-order valence-electron chi connectivity index (χ2n) is 6.96. The molecular weight excluding hydrogens is 262 g/mol. The third-order valence-corrected chi connectivity index (χ3v) is 6.20. The van der Waals surface area contributed by atoms with Gasteiger partial charge in [-0.25, -0.2) is 0 Å². The van der Waals surface area contributed by atoms with Crippen LogP contribution in [0.3, 0.4) is 0 Å². The zero-order chi connectivity index (χ0) is 14.0. The number of thioether (sulfide) groups is 1. The number of hydrogen-bond donors (Lipinski definition) is 1. The van der Waals surface area contributed by atoms with Crippen LogP contribution in [-0.4, -0.2) is 24.6 Å². The summed E-state index contributed by atoms with van der Waals surface area (Å²) in [6.45, 7) is 1.27. The van der Waals surface area contributed by atoms with E-state index in [1.807, 2.05) is 11.8 Å². The third kappa shape index (κ3) is 5.60. The molecule has 0 saturated heterocycles. The molecule has 0 aliphatic heterocycles. The van der Waals surface area contributed by atoms with Gasteiger partial charge in [-0.15, -0.1) is 0 Å². The first-order chi connectivity index (χ1) is 9.92. The summed E-state index contributed by atoms with van der Waals surface area (Å²) >= 11 is 1.99. The molecule has 118 valence electrons. The van der Waals surface area contributed by atoms with Crippen LogP contribution in [0.1, 0.15) is 77.0 Å². The molecule has 0 aromatic rings. The molecule has 1 N–H and O–H groups in total. The largest absolute Gasteiger partial charge is 0.314 e. The Balaban J connectivity index is 1.67. The molecule has 2 rings (SSSR count). The molecule has 0 aromatic heterocycles. The topological polar surface area (TPSA) is 12.0 Å². The van der Waals surface area contributed by atoms with Gasteiger partial charge in [0.05, 0.1) is 0 Å². The van der Waals surface area contributed by atoms with Gasteiger partial charge in [-0.1, -0.05) is 51.4 Å². The molecule has 0 amide bonds. The Bertz CT molecular complexity index is 238. The lowest BCUT2D eigenvalue weighted by Crippen LogP contribution is -2.42. The van der Waals surface area contributed by atoms with Crippen molar-refractivity contribution >= 4 is 11.8 Å². The van der Waals surface area contributed by atoms with Crippen LogP contribution in [0.5, 0.6) is 0 Å². The molecule has 2 aliphatic rings. The van der Waals surface area contributed by atoms with Crippen LogP contribution in [0.2, 0.25) is 0 Å². The van der Waals surface area contributed by atoms with Crippen LogP contribution in [0.4, 0.5) is 0 Å². The maximum absolute atomic E-state index is 3.94. The summed E-state index contributed by atoms with van der Waals surface area (Å²) in [5, 5.41) is 3.94. The summed E-state index contributed by atoms with van der Waals surface area (Å²) in [6.07, 6.45) is 19.9. The molecule has 2 unspecified atom stereocenters. The maximum Gasteiger partial charge on any atom is 0.00979 e. The molecule has 2 heteroatoms. The highest BCUT2D eigenvalue weighted by molar-refractivity contribution is 7.98. The van der Waals surface area contributed by atoms with Crippen molar-refractivity contribution in [3.63, 3.8) is 0 Å². The summed E-state index contributed by atoms with van der Waals surface area (Å²) in [4.78, 5) is 0. The highest BCUT2D eigenvalue weighted by atomic mass is 32.2. The van der Waals surface area contributed by atoms with E-state index in [9.17, 15) is 0 Å². The molecule has 0 aromatic carbocycles. The van der Waals surface area contributed by atoms with E-state index in [-0.39, 0.29) is 0 Å². The van der Waals surface area contributed by atoms with Gasteiger partial charge in [-0.05, 0) is 56.1 Å². The fraction of sp³-hybridized carbons (Fsp3) is 1.00. The van der Waals surface area contributed by atoms with Crippen molar-refractivity contribution in [1.82, 2.24) is 5.32 Å². The van der Waals surface area contributed by atoms with Crippen LogP contribution in [0.15, 0.2) is 0 Å². The van der Waals surface area contributed by atoms with E-state index < -0.39 is 0 Å². The van der Waals surface area contributed by atoms with Crippen molar-refractivity contribution in [3.05, 3.63) is 0 Å². The smallest absolute Gasteiger partial charge is 0.00979 e. The van der Waals surface area contributed by atoms with E-state index in [0.29, 0.717) is 0 Å². The molecule has 0 bridgehead atoms. The fourth-order valence-electron chi connectivity index (χ4n) is 4.38. The molecular formula is C18H35NS. The molecule has 2 aliphatic carbocycles. The summed E-state index contributed by atoms with van der Waals surface area (Å²) in [5.41, 5.74) is 0. The number of nitrogens with one attached hydrogen (secondary N) is 1. The number of rotatable bonds is 8. The van der Waals surface area contributed by atoms with Crippen LogP contribution >= 0.6 is 11.8 Å². The molecule has 2 saturated carbocycles. The SMILES string of the molecule is CSCCCCCNC1CCCCC1C1CCCCC1. The predicted molar refractivity (Wildman–Crippen MR) is 92.6 cm³/mol. The summed E-state index contributed by atoms with van der Waals surface area (Å²) in [7, 11) is 0. The Morgan fingerprint density at radius 1 is 0.850 bits per heavy atom. The molecule has 1 nitrogen and oxygen atoms in total. The van der Waals surface area contributed by atoms with Gasteiger partial charge in [0.2, 0.25) is 0 Å². The first kappa shape index (κ1) is 16.7. The van der Waals surface area contributed by atoms with E-state index in [1.165, 1.54) is 89.3 Å². The van der Waals surface area contributed by atoms with E-state index in [1.54, 1.807) is 0 Å². The molecule has 2 atom stereocenters. The maximum atomic E-state index is 3.94. The summed E-state index contributed by atoms with van der Waals surface area (Å²) < 4.78 is 0. The van der Waals surface area contributed by atoms with Crippen molar-refractivity contribution in [2.24, 2.45) is 11.8 Å². The average molecular weight is 298 g/mol. The lowest BCUT2D eigenvalue weighted by Gasteiger charge is -2.39. The van der Waals surface area contributed by atoms with Crippen LogP contribution in [-0.2, 0) is 0 Å². The standard InChI is InChI=1S/C18H35NS/c1-20-15-9-3-8-14-19-18-13-7-6-12-17(18)16-10-4-2-5-11-16/h16-19H,2-15H2,1H3. The third-order valence-electron chi connectivity index (χ3n) is 5.51. The van der Waals surface area contributed by atoms with Crippen molar-refractivity contribution in [1.29, 1.82) is 0 Å². The van der Waals surface area contributed by atoms with Gasteiger partial charge in [0, 0.05) is 6.04 Å². The molecule has 20 heavy (non-hydrogen) atoms. The van der Waals surface area contributed by atoms with E-state index in [0.717, 1.165) is 17.9 Å². The number of hydrogen-bond acceptors (Lipinski definition) is 2. The van der Waals surface area contributed by atoms with Crippen LogP contribution < -0.4 is 5.32 Å². The average Bonchev–Trinajstić information content (AvgIpc) is 2.52. The minimum atomic E-state index is 0.854. The lowest BCUT2D eigenvalue weighted by atomic mass is 9.71. The first-order valence-corrected chi connectivity index (χ1v) is 10.5. The Labute approximate surface area is 131 Å². The Kier molecular flexibility index (Phi) is 8.43. The van der Waals surface area contributed by atoms with Gasteiger partial charge >= 0.3 is 0 Å². The monoisotopic (exact) mass is 297 g/mol.